The minimum absolute atomic E-state index is 0.0135. The van der Waals surface area contributed by atoms with Gasteiger partial charge in [0.25, 0.3) is 0 Å². The maximum Gasteiger partial charge on any atom is 0.229 e. The van der Waals surface area contributed by atoms with Gasteiger partial charge in [-0.15, -0.1) is 0 Å². The van der Waals surface area contributed by atoms with Gasteiger partial charge in [-0.25, -0.2) is 9.67 Å². The third-order valence-electron chi connectivity index (χ3n) is 4.27. The largest absolute Gasteiger partial charge is 0.355 e. The third-order valence-corrected chi connectivity index (χ3v) is 4.27. The van der Waals surface area contributed by atoms with Crippen molar-refractivity contribution >= 4 is 17.7 Å². The number of nitrogens with zero attached hydrogens (tertiary/aromatic N) is 6. The number of carbonyl (C=O) groups is 1. The van der Waals surface area contributed by atoms with E-state index in [1.165, 1.54) is 0 Å². The molecule has 8 heteroatoms. The van der Waals surface area contributed by atoms with Gasteiger partial charge in [0.15, 0.2) is 5.82 Å². The van der Waals surface area contributed by atoms with Crippen LogP contribution in [0.15, 0.2) is 18.6 Å². The quantitative estimate of drug-likeness (QED) is 0.916. The maximum absolute atomic E-state index is 12.5. The fourth-order valence-electron chi connectivity index (χ4n) is 2.80. The molecule has 1 N–H and O–H groups in total. The molecule has 3 heterocycles. The molecule has 2 aromatic rings. The number of aromatic nitrogens is 5. The predicted molar refractivity (Wildman–Crippen MR) is 90.7 cm³/mol. The molecule has 1 aliphatic heterocycles. The first-order chi connectivity index (χ1) is 11.5. The fraction of sp³-hybridized carbons (Fsp3) is 0.562. The molecule has 1 saturated heterocycles. The summed E-state index contributed by atoms with van der Waals surface area (Å²) in [5.74, 6) is 2.35. The standard InChI is InChI=1S/C16H23N7O/c1-11(2)14-19-16(22(3)21-14)20-15(24)12-4-8-23(9-5-12)13-10-17-6-7-18-13/h6-7,10-12H,4-5,8-9H2,1-3H3,(H,19,20,21,24). The van der Waals surface area contributed by atoms with Crippen LogP contribution < -0.4 is 10.2 Å². The molecular formula is C16H23N7O. The molecule has 0 unspecified atom stereocenters. The highest BCUT2D eigenvalue weighted by atomic mass is 16.2. The van der Waals surface area contributed by atoms with Gasteiger partial charge in [0.2, 0.25) is 11.9 Å². The molecule has 0 atom stereocenters. The molecular weight excluding hydrogens is 306 g/mol. The van der Waals surface area contributed by atoms with Crippen LogP contribution in [0.5, 0.6) is 0 Å². The van der Waals surface area contributed by atoms with Crippen molar-refractivity contribution in [1.29, 1.82) is 0 Å². The molecule has 1 aliphatic rings. The molecule has 0 saturated carbocycles. The van der Waals surface area contributed by atoms with Crippen molar-refractivity contribution in [3.05, 3.63) is 24.4 Å². The van der Waals surface area contributed by atoms with Gasteiger partial charge < -0.3 is 4.90 Å². The summed E-state index contributed by atoms with van der Waals surface area (Å²) in [6, 6.07) is 0. The maximum atomic E-state index is 12.5. The number of hydrogen-bond donors (Lipinski definition) is 1. The zero-order valence-corrected chi connectivity index (χ0v) is 14.3. The fourth-order valence-corrected chi connectivity index (χ4v) is 2.80. The van der Waals surface area contributed by atoms with E-state index >= 15 is 0 Å². The summed E-state index contributed by atoms with van der Waals surface area (Å²) in [5.41, 5.74) is 0. The van der Waals surface area contributed by atoms with Gasteiger partial charge in [-0.05, 0) is 12.8 Å². The van der Waals surface area contributed by atoms with Gasteiger partial charge in [-0.3, -0.25) is 15.1 Å². The number of aryl methyl sites for hydroxylation is 1. The molecule has 1 fully saturated rings. The molecule has 8 nitrogen and oxygen atoms in total. The van der Waals surface area contributed by atoms with Gasteiger partial charge in [-0.1, -0.05) is 13.8 Å². The number of anilines is 2. The van der Waals surface area contributed by atoms with Crippen molar-refractivity contribution in [2.75, 3.05) is 23.3 Å². The van der Waals surface area contributed by atoms with Crippen LogP contribution in [-0.2, 0) is 11.8 Å². The molecule has 1 amide bonds. The second-order valence-corrected chi connectivity index (χ2v) is 6.39. The number of rotatable bonds is 4. The third kappa shape index (κ3) is 3.52. The summed E-state index contributed by atoms with van der Waals surface area (Å²) < 4.78 is 1.63. The van der Waals surface area contributed by atoms with Crippen LogP contribution in [0.3, 0.4) is 0 Å². The number of amides is 1. The first-order valence-electron chi connectivity index (χ1n) is 8.27. The van der Waals surface area contributed by atoms with Gasteiger partial charge in [-0.2, -0.15) is 10.1 Å². The Kier molecular flexibility index (Phi) is 4.73. The van der Waals surface area contributed by atoms with Crippen LogP contribution >= 0.6 is 0 Å². The average molecular weight is 329 g/mol. The highest BCUT2D eigenvalue weighted by Crippen LogP contribution is 2.22. The van der Waals surface area contributed by atoms with Gasteiger partial charge >= 0.3 is 0 Å². The predicted octanol–water partition coefficient (Wildman–Crippen LogP) is 1.58. The van der Waals surface area contributed by atoms with E-state index in [0.29, 0.717) is 5.95 Å². The molecule has 0 aliphatic carbocycles. The molecule has 128 valence electrons. The van der Waals surface area contributed by atoms with Crippen LogP contribution in [0.25, 0.3) is 0 Å². The summed E-state index contributed by atoms with van der Waals surface area (Å²) in [7, 11) is 1.80. The lowest BCUT2D eigenvalue weighted by Crippen LogP contribution is -2.38. The van der Waals surface area contributed by atoms with Crippen LogP contribution in [0.4, 0.5) is 11.8 Å². The number of carbonyl (C=O) groups excluding carboxylic acids is 1. The number of piperidine rings is 1. The molecule has 2 aromatic heterocycles. The Bertz CT molecular complexity index is 690. The van der Waals surface area contributed by atoms with Crippen molar-refractivity contribution in [1.82, 2.24) is 24.7 Å². The Balaban J connectivity index is 1.57. The SMILES string of the molecule is CC(C)c1nc(NC(=O)C2CCN(c3cnccn3)CC2)n(C)n1. The molecule has 0 aromatic carbocycles. The Labute approximate surface area is 141 Å². The molecule has 3 rings (SSSR count). The van der Waals surface area contributed by atoms with Crippen molar-refractivity contribution < 1.29 is 4.79 Å². The lowest BCUT2D eigenvalue weighted by molar-refractivity contribution is -0.120. The minimum atomic E-state index is -0.0166. The van der Waals surface area contributed by atoms with Crippen LogP contribution in [0.1, 0.15) is 38.4 Å². The van der Waals surface area contributed by atoms with Crippen LogP contribution in [0.2, 0.25) is 0 Å². The van der Waals surface area contributed by atoms with Crippen LogP contribution in [-0.4, -0.2) is 43.7 Å². The smallest absolute Gasteiger partial charge is 0.229 e. The molecule has 0 radical (unpaired) electrons. The lowest BCUT2D eigenvalue weighted by atomic mass is 9.96. The second-order valence-electron chi connectivity index (χ2n) is 6.39. The Hall–Kier alpha value is -2.51. The first-order valence-corrected chi connectivity index (χ1v) is 8.27. The van der Waals surface area contributed by atoms with E-state index in [2.05, 4.69) is 30.3 Å². The molecule has 0 bridgehead atoms. The van der Waals surface area contributed by atoms with Crippen molar-refractivity contribution in [3.8, 4) is 0 Å². The number of hydrogen-bond acceptors (Lipinski definition) is 6. The van der Waals surface area contributed by atoms with Crippen molar-refractivity contribution in [2.24, 2.45) is 13.0 Å². The highest BCUT2D eigenvalue weighted by molar-refractivity contribution is 5.91. The van der Waals surface area contributed by atoms with E-state index < -0.39 is 0 Å². The lowest BCUT2D eigenvalue weighted by Gasteiger charge is -2.31. The minimum Gasteiger partial charge on any atom is -0.355 e. The van der Waals surface area contributed by atoms with E-state index in [4.69, 9.17) is 0 Å². The van der Waals surface area contributed by atoms with Crippen molar-refractivity contribution in [3.63, 3.8) is 0 Å². The van der Waals surface area contributed by atoms with Gasteiger partial charge in [0, 0.05) is 44.4 Å². The molecule has 0 spiro atoms. The van der Waals surface area contributed by atoms with E-state index in [-0.39, 0.29) is 17.7 Å². The zero-order chi connectivity index (χ0) is 17.1. The Morgan fingerprint density at radius 1 is 1.29 bits per heavy atom. The van der Waals surface area contributed by atoms with E-state index in [1.807, 2.05) is 13.8 Å². The normalized spacial score (nSPS) is 15.8. The van der Waals surface area contributed by atoms with Crippen LogP contribution in [0, 0.1) is 5.92 Å². The average Bonchev–Trinajstić information content (AvgIpc) is 2.97. The Morgan fingerprint density at radius 3 is 2.62 bits per heavy atom. The summed E-state index contributed by atoms with van der Waals surface area (Å²) in [5, 5.41) is 7.24. The molecule has 24 heavy (non-hydrogen) atoms. The zero-order valence-electron chi connectivity index (χ0n) is 14.3. The second kappa shape index (κ2) is 6.94. The highest BCUT2D eigenvalue weighted by Gasteiger charge is 2.26. The topological polar surface area (TPSA) is 88.8 Å². The summed E-state index contributed by atoms with van der Waals surface area (Å²) in [6.07, 6.45) is 6.69. The van der Waals surface area contributed by atoms with Gasteiger partial charge in [0.1, 0.15) is 5.82 Å². The van der Waals surface area contributed by atoms with E-state index in [9.17, 15) is 4.79 Å². The van der Waals surface area contributed by atoms with Crippen molar-refractivity contribution in [2.45, 2.75) is 32.6 Å². The number of nitrogens with one attached hydrogen (secondary N) is 1. The summed E-state index contributed by atoms with van der Waals surface area (Å²) >= 11 is 0. The summed E-state index contributed by atoms with van der Waals surface area (Å²) in [4.78, 5) is 27.5. The first kappa shape index (κ1) is 16.4. The summed E-state index contributed by atoms with van der Waals surface area (Å²) in [6.45, 7) is 5.66. The van der Waals surface area contributed by atoms with E-state index in [1.54, 1.807) is 30.3 Å². The Morgan fingerprint density at radius 2 is 2.04 bits per heavy atom. The van der Waals surface area contributed by atoms with Gasteiger partial charge in [0.05, 0.1) is 6.20 Å². The monoisotopic (exact) mass is 329 g/mol. The van der Waals surface area contributed by atoms with E-state index in [0.717, 1.165) is 37.6 Å².